The number of aryl methyl sites for hydroxylation is 1. The van der Waals surface area contributed by atoms with Gasteiger partial charge in [-0.1, -0.05) is 26.0 Å². The number of aromatic nitrogens is 4. The zero-order valence-electron chi connectivity index (χ0n) is 15.9. The molecule has 27 heavy (non-hydrogen) atoms. The number of nitrogens with one attached hydrogen (secondary N) is 1. The van der Waals surface area contributed by atoms with Gasteiger partial charge in [-0.05, 0) is 71.9 Å². The summed E-state index contributed by atoms with van der Waals surface area (Å²) in [5.74, 6) is -0.138. The maximum atomic E-state index is 12.6. The van der Waals surface area contributed by atoms with Gasteiger partial charge in [-0.3, -0.25) is 9.69 Å². The Labute approximate surface area is 159 Å². The van der Waals surface area contributed by atoms with Crippen molar-refractivity contribution in [1.29, 1.82) is 0 Å². The van der Waals surface area contributed by atoms with Crippen LogP contribution in [0.4, 0.5) is 5.69 Å². The Balaban J connectivity index is 1.73. The molecule has 0 radical (unpaired) electrons. The summed E-state index contributed by atoms with van der Waals surface area (Å²) in [6.07, 6.45) is 1.53. The number of carbonyl (C=O) groups is 1. The number of hydrogen-bond donors (Lipinski definition) is 1. The van der Waals surface area contributed by atoms with Crippen molar-refractivity contribution in [2.75, 3.05) is 18.4 Å². The van der Waals surface area contributed by atoms with E-state index in [9.17, 15) is 4.79 Å². The highest BCUT2D eigenvalue weighted by Crippen LogP contribution is 2.17. The quantitative estimate of drug-likeness (QED) is 0.697. The number of hydrogen-bond acceptors (Lipinski definition) is 5. The third-order valence-corrected chi connectivity index (χ3v) is 4.54. The molecule has 0 saturated carbocycles. The van der Waals surface area contributed by atoms with Crippen molar-refractivity contribution in [3.8, 4) is 5.69 Å². The average molecular weight is 364 g/mol. The summed E-state index contributed by atoms with van der Waals surface area (Å²) in [6, 6.07) is 13.5. The summed E-state index contributed by atoms with van der Waals surface area (Å²) in [5.41, 5.74) is 4.34. The second kappa shape index (κ2) is 8.55. The molecule has 0 aliphatic rings. The molecule has 140 valence electrons. The van der Waals surface area contributed by atoms with Gasteiger partial charge < -0.3 is 5.32 Å². The third kappa shape index (κ3) is 4.57. The second-order valence-electron chi connectivity index (χ2n) is 6.37. The third-order valence-electron chi connectivity index (χ3n) is 4.54. The molecule has 1 amide bonds. The number of benzene rings is 2. The van der Waals surface area contributed by atoms with Gasteiger partial charge in [0.25, 0.3) is 5.91 Å². The number of nitrogens with zero attached hydrogens (tertiary/aromatic N) is 5. The average Bonchev–Trinajstić information content (AvgIpc) is 3.20. The van der Waals surface area contributed by atoms with Gasteiger partial charge in [-0.15, -0.1) is 5.10 Å². The highest BCUT2D eigenvalue weighted by Gasteiger charge is 2.10. The van der Waals surface area contributed by atoms with Crippen LogP contribution in [-0.2, 0) is 6.54 Å². The first-order valence-corrected chi connectivity index (χ1v) is 9.07. The molecule has 1 N–H and O–H groups in total. The van der Waals surface area contributed by atoms with Crippen LogP contribution in [0.2, 0.25) is 0 Å². The Bertz CT molecular complexity index is 903. The van der Waals surface area contributed by atoms with Crippen LogP contribution in [0.5, 0.6) is 0 Å². The van der Waals surface area contributed by atoms with E-state index in [1.165, 1.54) is 11.9 Å². The van der Waals surface area contributed by atoms with Crippen LogP contribution in [0.1, 0.15) is 35.3 Å². The number of anilines is 1. The van der Waals surface area contributed by atoms with E-state index >= 15 is 0 Å². The van der Waals surface area contributed by atoms with Crippen LogP contribution >= 0.6 is 0 Å². The van der Waals surface area contributed by atoms with Crippen molar-refractivity contribution in [2.24, 2.45) is 0 Å². The van der Waals surface area contributed by atoms with Crippen molar-refractivity contribution >= 4 is 11.6 Å². The Morgan fingerprint density at radius 1 is 1.15 bits per heavy atom. The van der Waals surface area contributed by atoms with E-state index in [0.717, 1.165) is 36.6 Å². The highest BCUT2D eigenvalue weighted by atomic mass is 16.1. The van der Waals surface area contributed by atoms with Gasteiger partial charge in [0.1, 0.15) is 6.33 Å². The summed E-state index contributed by atoms with van der Waals surface area (Å²) in [5, 5.41) is 14.2. The molecule has 0 unspecified atom stereocenters. The fourth-order valence-electron chi connectivity index (χ4n) is 2.98. The van der Waals surface area contributed by atoms with E-state index in [1.54, 1.807) is 10.7 Å². The van der Waals surface area contributed by atoms with Gasteiger partial charge in [0.05, 0.1) is 5.69 Å². The van der Waals surface area contributed by atoms with Crippen LogP contribution in [0.3, 0.4) is 0 Å². The molecule has 0 fully saturated rings. The summed E-state index contributed by atoms with van der Waals surface area (Å²) < 4.78 is 1.58. The van der Waals surface area contributed by atoms with Gasteiger partial charge >= 0.3 is 0 Å². The Morgan fingerprint density at radius 3 is 2.63 bits per heavy atom. The van der Waals surface area contributed by atoms with Gasteiger partial charge in [0, 0.05) is 17.8 Å². The van der Waals surface area contributed by atoms with Gasteiger partial charge in [0.2, 0.25) is 0 Å². The molecule has 0 aliphatic carbocycles. The van der Waals surface area contributed by atoms with Crippen molar-refractivity contribution in [3.05, 3.63) is 65.5 Å². The summed E-state index contributed by atoms with van der Waals surface area (Å²) in [4.78, 5) is 15.0. The first-order valence-electron chi connectivity index (χ1n) is 9.07. The largest absolute Gasteiger partial charge is 0.322 e. The van der Waals surface area contributed by atoms with Crippen LogP contribution in [-0.4, -0.2) is 44.1 Å². The Morgan fingerprint density at radius 2 is 1.96 bits per heavy atom. The van der Waals surface area contributed by atoms with Crippen LogP contribution in [0, 0.1) is 6.92 Å². The lowest BCUT2D eigenvalue weighted by molar-refractivity contribution is 0.102. The van der Waals surface area contributed by atoms with Crippen molar-refractivity contribution < 1.29 is 4.79 Å². The molecule has 0 aliphatic heterocycles. The van der Waals surface area contributed by atoms with Gasteiger partial charge in [-0.25, -0.2) is 4.68 Å². The predicted molar refractivity (Wildman–Crippen MR) is 105 cm³/mol. The highest BCUT2D eigenvalue weighted by molar-refractivity contribution is 6.04. The zero-order valence-corrected chi connectivity index (χ0v) is 15.9. The van der Waals surface area contributed by atoms with E-state index in [-0.39, 0.29) is 5.91 Å². The number of amides is 1. The van der Waals surface area contributed by atoms with E-state index < -0.39 is 0 Å². The lowest BCUT2D eigenvalue weighted by Gasteiger charge is -2.18. The fraction of sp³-hybridized carbons (Fsp3) is 0.300. The topological polar surface area (TPSA) is 75.9 Å². The molecular weight excluding hydrogens is 340 g/mol. The zero-order chi connectivity index (χ0) is 19.2. The van der Waals surface area contributed by atoms with Gasteiger partial charge in [-0.2, -0.15) is 0 Å². The van der Waals surface area contributed by atoms with Crippen LogP contribution in [0.25, 0.3) is 5.69 Å². The molecule has 2 aromatic carbocycles. The molecule has 1 aromatic heterocycles. The minimum absolute atomic E-state index is 0.138. The first kappa shape index (κ1) is 18.7. The van der Waals surface area contributed by atoms with Crippen molar-refractivity contribution in [2.45, 2.75) is 27.3 Å². The Hall–Kier alpha value is -3.06. The molecule has 0 saturated heterocycles. The molecule has 0 spiro atoms. The van der Waals surface area contributed by atoms with E-state index in [0.29, 0.717) is 5.56 Å². The standard InChI is InChI=1S/C20H24N6O/c1-4-25(5-2)13-16-7-6-8-18(12-16)22-20(27)17-9-10-19(15(3)11-17)26-14-21-23-24-26/h6-12,14H,4-5,13H2,1-3H3,(H,22,27). The first-order chi connectivity index (χ1) is 13.1. The summed E-state index contributed by atoms with van der Waals surface area (Å²) in [7, 11) is 0. The monoisotopic (exact) mass is 364 g/mol. The van der Waals surface area contributed by atoms with Crippen molar-refractivity contribution in [1.82, 2.24) is 25.1 Å². The fourth-order valence-corrected chi connectivity index (χ4v) is 2.98. The van der Waals surface area contributed by atoms with Crippen molar-refractivity contribution in [3.63, 3.8) is 0 Å². The summed E-state index contributed by atoms with van der Waals surface area (Å²) in [6.45, 7) is 9.10. The molecule has 3 rings (SSSR count). The van der Waals surface area contributed by atoms with Gasteiger partial charge in [0.15, 0.2) is 0 Å². The molecule has 7 heteroatoms. The maximum absolute atomic E-state index is 12.6. The molecular formula is C20H24N6O. The molecule has 3 aromatic rings. The second-order valence-corrected chi connectivity index (χ2v) is 6.37. The minimum atomic E-state index is -0.138. The lowest BCUT2D eigenvalue weighted by atomic mass is 10.1. The molecule has 0 atom stereocenters. The smallest absolute Gasteiger partial charge is 0.255 e. The normalized spacial score (nSPS) is 11.0. The number of tetrazole rings is 1. The van der Waals surface area contributed by atoms with Crippen LogP contribution < -0.4 is 5.32 Å². The Kier molecular flexibility index (Phi) is 5.93. The number of carbonyl (C=O) groups excluding carboxylic acids is 1. The van der Waals surface area contributed by atoms with E-state index in [1.807, 2.05) is 37.3 Å². The molecule has 0 bridgehead atoms. The predicted octanol–water partition coefficient (Wildman–Crippen LogP) is 3.06. The van der Waals surface area contributed by atoms with E-state index in [4.69, 9.17) is 0 Å². The summed E-state index contributed by atoms with van der Waals surface area (Å²) >= 11 is 0. The lowest BCUT2D eigenvalue weighted by Crippen LogP contribution is -2.22. The molecule has 7 nitrogen and oxygen atoms in total. The minimum Gasteiger partial charge on any atom is -0.322 e. The van der Waals surface area contributed by atoms with Crippen LogP contribution in [0.15, 0.2) is 48.8 Å². The maximum Gasteiger partial charge on any atom is 0.255 e. The molecule has 1 heterocycles. The van der Waals surface area contributed by atoms with E-state index in [2.05, 4.69) is 45.7 Å². The SMILES string of the molecule is CCN(CC)Cc1cccc(NC(=O)c2ccc(-n3cnnn3)c(C)c2)c1. The number of rotatable bonds is 7.